The van der Waals surface area contributed by atoms with E-state index in [1.54, 1.807) is 18.6 Å². The molecule has 1 fully saturated rings. The average molecular weight is 295 g/mol. The van der Waals surface area contributed by atoms with Crippen LogP contribution < -0.4 is 10.1 Å². The van der Waals surface area contributed by atoms with E-state index in [4.69, 9.17) is 9.26 Å². The van der Waals surface area contributed by atoms with E-state index in [9.17, 15) is 0 Å². The van der Waals surface area contributed by atoms with Gasteiger partial charge < -0.3 is 14.6 Å². The lowest BCUT2D eigenvalue weighted by Crippen LogP contribution is -2.50. The molecule has 1 aliphatic rings. The third-order valence-electron chi connectivity index (χ3n) is 3.37. The Hall–Kier alpha value is -2.80. The maximum Gasteiger partial charge on any atom is 0.278 e. The topological polar surface area (TPSA) is 86.0 Å². The van der Waals surface area contributed by atoms with Crippen molar-refractivity contribution in [2.24, 2.45) is 0 Å². The van der Waals surface area contributed by atoms with Crippen molar-refractivity contribution in [1.29, 1.82) is 0 Å². The predicted molar refractivity (Wildman–Crippen MR) is 78.0 cm³/mol. The zero-order valence-corrected chi connectivity index (χ0v) is 11.6. The Morgan fingerprint density at radius 3 is 2.86 bits per heavy atom. The van der Waals surface area contributed by atoms with Crippen molar-refractivity contribution in [3.8, 4) is 28.7 Å². The molecule has 1 saturated heterocycles. The molecule has 7 heteroatoms. The SMILES string of the molecule is c1ccc(-c2noc(-c3cnccn3)n2)c(OC2CNC2)c1. The number of benzene rings is 1. The highest BCUT2D eigenvalue weighted by Crippen LogP contribution is 2.30. The highest BCUT2D eigenvalue weighted by molar-refractivity contribution is 5.65. The molecule has 0 atom stereocenters. The summed E-state index contributed by atoms with van der Waals surface area (Å²) < 4.78 is 11.2. The Morgan fingerprint density at radius 2 is 2.09 bits per heavy atom. The van der Waals surface area contributed by atoms with Gasteiger partial charge in [-0.3, -0.25) is 4.98 Å². The zero-order chi connectivity index (χ0) is 14.8. The highest BCUT2D eigenvalue weighted by Gasteiger charge is 2.21. The number of hydrogen-bond acceptors (Lipinski definition) is 7. The lowest BCUT2D eigenvalue weighted by Gasteiger charge is -2.28. The molecule has 0 saturated carbocycles. The Balaban J connectivity index is 1.66. The second-order valence-electron chi connectivity index (χ2n) is 4.91. The number of nitrogens with zero attached hydrogens (tertiary/aromatic N) is 4. The van der Waals surface area contributed by atoms with Gasteiger partial charge in [-0.1, -0.05) is 17.3 Å². The average Bonchev–Trinajstić information content (AvgIpc) is 3.02. The summed E-state index contributed by atoms with van der Waals surface area (Å²) in [6.07, 6.45) is 4.95. The van der Waals surface area contributed by atoms with Gasteiger partial charge in [0, 0.05) is 25.5 Å². The van der Waals surface area contributed by atoms with Crippen molar-refractivity contribution >= 4 is 0 Å². The van der Waals surface area contributed by atoms with Gasteiger partial charge in [0.15, 0.2) is 0 Å². The molecule has 1 aliphatic heterocycles. The quantitative estimate of drug-likeness (QED) is 0.781. The Labute approximate surface area is 126 Å². The molecule has 3 heterocycles. The molecule has 0 radical (unpaired) electrons. The molecule has 110 valence electrons. The second-order valence-corrected chi connectivity index (χ2v) is 4.91. The van der Waals surface area contributed by atoms with Gasteiger partial charge in [-0.15, -0.1) is 0 Å². The molecule has 0 bridgehead atoms. The van der Waals surface area contributed by atoms with E-state index in [0.717, 1.165) is 24.4 Å². The van der Waals surface area contributed by atoms with Crippen LogP contribution in [0.3, 0.4) is 0 Å². The summed E-state index contributed by atoms with van der Waals surface area (Å²) in [5.74, 6) is 1.56. The fourth-order valence-electron chi connectivity index (χ4n) is 2.13. The number of ether oxygens (including phenoxy) is 1. The summed E-state index contributed by atoms with van der Waals surface area (Å²) in [6.45, 7) is 1.71. The molecule has 1 aromatic carbocycles. The van der Waals surface area contributed by atoms with Gasteiger partial charge in [0.05, 0.1) is 11.8 Å². The summed E-state index contributed by atoms with van der Waals surface area (Å²) in [5.41, 5.74) is 1.34. The van der Waals surface area contributed by atoms with Crippen LogP contribution in [0.15, 0.2) is 47.4 Å². The largest absolute Gasteiger partial charge is 0.487 e. The van der Waals surface area contributed by atoms with Gasteiger partial charge in [-0.05, 0) is 12.1 Å². The standard InChI is InChI=1S/C15H13N5O2/c1-2-4-13(21-10-7-17-8-10)11(3-1)14-19-15(22-20-14)12-9-16-5-6-18-12/h1-6,9-10,17H,7-8H2. The first-order chi connectivity index (χ1) is 10.9. The van der Waals surface area contributed by atoms with Crippen LogP contribution in [0.1, 0.15) is 0 Å². The van der Waals surface area contributed by atoms with E-state index in [-0.39, 0.29) is 6.10 Å². The van der Waals surface area contributed by atoms with Crippen molar-refractivity contribution in [3.05, 3.63) is 42.9 Å². The maximum absolute atomic E-state index is 5.94. The van der Waals surface area contributed by atoms with Crippen molar-refractivity contribution in [1.82, 2.24) is 25.4 Å². The summed E-state index contributed by atoms with van der Waals surface area (Å²) in [5, 5.41) is 7.20. The molecule has 1 N–H and O–H groups in total. The smallest absolute Gasteiger partial charge is 0.278 e. The first-order valence-corrected chi connectivity index (χ1v) is 6.97. The van der Waals surface area contributed by atoms with Crippen LogP contribution in [0.2, 0.25) is 0 Å². The Kier molecular flexibility index (Phi) is 3.24. The highest BCUT2D eigenvalue weighted by atomic mass is 16.5. The van der Waals surface area contributed by atoms with Crippen LogP contribution in [-0.4, -0.2) is 39.3 Å². The van der Waals surface area contributed by atoms with Crippen molar-refractivity contribution in [3.63, 3.8) is 0 Å². The molecule has 0 spiro atoms. The lowest BCUT2D eigenvalue weighted by atomic mass is 10.1. The number of aromatic nitrogens is 4. The van der Waals surface area contributed by atoms with Gasteiger partial charge in [-0.25, -0.2) is 4.98 Å². The Morgan fingerprint density at radius 1 is 1.18 bits per heavy atom. The minimum atomic E-state index is 0.188. The molecule has 22 heavy (non-hydrogen) atoms. The first kappa shape index (κ1) is 12.9. The summed E-state index contributed by atoms with van der Waals surface area (Å²) >= 11 is 0. The van der Waals surface area contributed by atoms with Crippen LogP contribution in [0.5, 0.6) is 5.75 Å². The number of hydrogen-bond donors (Lipinski definition) is 1. The van der Waals surface area contributed by atoms with Crippen molar-refractivity contribution in [2.45, 2.75) is 6.10 Å². The Bertz CT molecular complexity index is 770. The van der Waals surface area contributed by atoms with Crippen molar-refractivity contribution < 1.29 is 9.26 Å². The van der Waals surface area contributed by atoms with E-state index in [1.807, 2.05) is 24.3 Å². The molecule has 0 unspecified atom stereocenters. The number of para-hydroxylation sites is 1. The summed E-state index contributed by atoms with van der Waals surface area (Å²) in [7, 11) is 0. The molecule has 7 nitrogen and oxygen atoms in total. The van der Waals surface area contributed by atoms with Gasteiger partial charge in [-0.2, -0.15) is 4.98 Å². The molecular formula is C15H13N5O2. The molecule has 3 aromatic rings. The molecule has 0 aliphatic carbocycles. The molecule has 0 amide bonds. The van der Waals surface area contributed by atoms with Crippen molar-refractivity contribution in [2.75, 3.05) is 13.1 Å². The van der Waals surface area contributed by atoms with Crippen LogP contribution in [0.25, 0.3) is 23.0 Å². The molecule has 4 rings (SSSR count). The maximum atomic E-state index is 5.94. The van der Waals surface area contributed by atoms with Crippen LogP contribution in [0, 0.1) is 0 Å². The van der Waals surface area contributed by atoms with Gasteiger partial charge in [0.25, 0.3) is 5.89 Å². The first-order valence-electron chi connectivity index (χ1n) is 6.97. The molecule has 2 aromatic heterocycles. The van der Waals surface area contributed by atoms with Crippen LogP contribution in [0.4, 0.5) is 0 Å². The normalized spacial score (nSPS) is 14.5. The zero-order valence-electron chi connectivity index (χ0n) is 11.6. The third-order valence-corrected chi connectivity index (χ3v) is 3.37. The third kappa shape index (κ3) is 2.42. The van der Waals surface area contributed by atoms with E-state index in [0.29, 0.717) is 17.4 Å². The monoisotopic (exact) mass is 295 g/mol. The predicted octanol–water partition coefficient (Wildman–Crippen LogP) is 1.54. The van der Waals surface area contributed by atoms with Gasteiger partial charge in [0.2, 0.25) is 5.82 Å². The minimum absolute atomic E-state index is 0.188. The lowest BCUT2D eigenvalue weighted by molar-refractivity contribution is 0.143. The number of rotatable bonds is 4. The van der Waals surface area contributed by atoms with Crippen LogP contribution >= 0.6 is 0 Å². The number of nitrogens with one attached hydrogen (secondary N) is 1. The second kappa shape index (κ2) is 5.53. The molecular weight excluding hydrogens is 282 g/mol. The van der Waals surface area contributed by atoms with E-state index in [1.165, 1.54) is 0 Å². The summed E-state index contributed by atoms with van der Waals surface area (Å²) in [4.78, 5) is 12.5. The van der Waals surface area contributed by atoms with E-state index >= 15 is 0 Å². The van der Waals surface area contributed by atoms with Gasteiger partial charge in [0.1, 0.15) is 17.5 Å². The van der Waals surface area contributed by atoms with E-state index in [2.05, 4.69) is 25.4 Å². The fraction of sp³-hybridized carbons (Fsp3) is 0.200. The van der Waals surface area contributed by atoms with Gasteiger partial charge >= 0.3 is 0 Å². The van der Waals surface area contributed by atoms with Crippen LogP contribution in [-0.2, 0) is 0 Å². The minimum Gasteiger partial charge on any atom is -0.487 e. The van der Waals surface area contributed by atoms with E-state index < -0.39 is 0 Å². The summed E-state index contributed by atoms with van der Waals surface area (Å²) in [6, 6.07) is 7.66. The fourth-order valence-corrected chi connectivity index (χ4v) is 2.13.